The van der Waals surface area contributed by atoms with Gasteiger partial charge in [0.25, 0.3) is 0 Å². The Morgan fingerprint density at radius 2 is 1.88 bits per heavy atom. The second-order valence-electron chi connectivity index (χ2n) is 6.18. The van der Waals surface area contributed by atoms with Crippen molar-refractivity contribution in [2.75, 3.05) is 0 Å². The predicted octanol–water partition coefficient (Wildman–Crippen LogP) is 2.18. The molecule has 1 aliphatic carbocycles. The highest BCUT2D eigenvalue weighted by atomic mass is 32.2. The van der Waals surface area contributed by atoms with Crippen LogP contribution < -0.4 is 4.72 Å². The molecule has 1 saturated carbocycles. The molecule has 3 rings (SSSR count). The Morgan fingerprint density at radius 1 is 1.12 bits per heavy atom. The average Bonchev–Trinajstić information content (AvgIpc) is 3.42. The van der Waals surface area contributed by atoms with Crippen LogP contribution in [0.15, 0.2) is 48.5 Å². The van der Waals surface area contributed by atoms with Crippen LogP contribution in [0.1, 0.15) is 34.6 Å². The Morgan fingerprint density at radius 3 is 2.62 bits per heavy atom. The Balaban J connectivity index is 1.67. The minimum Gasteiger partial charge on any atom is -0.274 e. The first-order chi connectivity index (χ1) is 12.4. The van der Waals surface area contributed by atoms with Gasteiger partial charge in [0.05, 0.1) is 29.0 Å². The molecular formula is C19H15N3O3S. The molecule has 0 spiro atoms. The third-order valence-corrected chi connectivity index (χ3v) is 5.51. The van der Waals surface area contributed by atoms with Gasteiger partial charge in [0.2, 0.25) is 15.9 Å². The van der Waals surface area contributed by atoms with Crippen LogP contribution >= 0.6 is 0 Å². The van der Waals surface area contributed by atoms with Crippen molar-refractivity contribution in [2.45, 2.75) is 18.1 Å². The van der Waals surface area contributed by atoms with Gasteiger partial charge in [0.1, 0.15) is 0 Å². The normalized spacial score (nSPS) is 18.4. The van der Waals surface area contributed by atoms with Gasteiger partial charge in [-0.15, -0.1) is 0 Å². The lowest BCUT2D eigenvalue weighted by molar-refractivity contribution is -0.120. The van der Waals surface area contributed by atoms with E-state index in [-0.39, 0.29) is 11.5 Å². The number of benzene rings is 2. The van der Waals surface area contributed by atoms with Gasteiger partial charge in [0, 0.05) is 5.92 Å². The highest BCUT2D eigenvalue weighted by Crippen LogP contribution is 2.47. The second kappa shape index (κ2) is 6.99. The fourth-order valence-corrected chi connectivity index (χ4v) is 4.11. The van der Waals surface area contributed by atoms with E-state index in [4.69, 9.17) is 10.5 Å². The second-order valence-corrected chi connectivity index (χ2v) is 7.90. The van der Waals surface area contributed by atoms with Crippen molar-refractivity contribution in [1.29, 1.82) is 10.5 Å². The molecule has 0 saturated heterocycles. The number of nitrogens with zero attached hydrogens (tertiary/aromatic N) is 2. The van der Waals surface area contributed by atoms with E-state index in [2.05, 4.69) is 4.72 Å². The van der Waals surface area contributed by atoms with E-state index < -0.39 is 27.6 Å². The highest BCUT2D eigenvalue weighted by Gasteiger charge is 2.45. The number of hydrogen-bond acceptors (Lipinski definition) is 5. The summed E-state index contributed by atoms with van der Waals surface area (Å²) in [7, 11) is -3.89. The summed E-state index contributed by atoms with van der Waals surface area (Å²) in [5, 5.41) is 18.0. The highest BCUT2D eigenvalue weighted by molar-refractivity contribution is 7.89. The van der Waals surface area contributed by atoms with Gasteiger partial charge in [-0.05, 0) is 41.7 Å². The molecule has 0 unspecified atom stereocenters. The molecule has 7 heteroatoms. The molecule has 2 atom stereocenters. The number of sulfonamides is 1. The van der Waals surface area contributed by atoms with Crippen LogP contribution in [0.2, 0.25) is 0 Å². The Hall–Kier alpha value is -3.16. The van der Waals surface area contributed by atoms with Gasteiger partial charge in [-0.3, -0.25) is 9.52 Å². The molecule has 2 aromatic carbocycles. The van der Waals surface area contributed by atoms with E-state index >= 15 is 0 Å². The van der Waals surface area contributed by atoms with Crippen LogP contribution in [0, 0.1) is 28.6 Å². The molecule has 0 heterocycles. The van der Waals surface area contributed by atoms with Crippen LogP contribution in [-0.4, -0.2) is 14.3 Å². The van der Waals surface area contributed by atoms with Crippen molar-refractivity contribution >= 4 is 15.9 Å². The van der Waals surface area contributed by atoms with E-state index in [1.54, 1.807) is 36.4 Å². The van der Waals surface area contributed by atoms with E-state index in [9.17, 15) is 13.2 Å². The monoisotopic (exact) mass is 365 g/mol. The molecule has 2 aromatic rings. The Bertz CT molecular complexity index is 1050. The van der Waals surface area contributed by atoms with E-state index in [1.807, 2.05) is 18.2 Å². The summed E-state index contributed by atoms with van der Waals surface area (Å²) in [6.07, 6.45) is 0.547. The van der Waals surface area contributed by atoms with Crippen LogP contribution in [-0.2, 0) is 20.6 Å². The lowest BCUT2D eigenvalue weighted by Gasteiger charge is -2.08. The minimum atomic E-state index is -3.89. The summed E-state index contributed by atoms with van der Waals surface area (Å²) in [5.41, 5.74) is 1.98. The molecule has 26 heavy (non-hydrogen) atoms. The molecule has 0 aliphatic heterocycles. The molecule has 1 fully saturated rings. The zero-order chi connectivity index (χ0) is 18.7. The molecule has 0 aromatic heterocycles. The summed E-state index contributed by atoms with van der Waals surface area (Å²) in [4.78, 5) is 12.3. The van der Waals surface area contributed by atoms with Crippen LogP contribution in [0.25, 0.3) is 0 Å². The average molecular weight is 365 g/mol. The van der Waals surface area contributed by atoms with E-state index in [1.165, 1.54) is 6.07 Å². The maximum Gasteiger partial charge on any atom is 0.239 e. The van der Waals surface area contributed by atoms with Gasteiger partial charge in [-0.25, -0.2) is 8.42 Å². The SMILES string of the molecule is N#Cc1cccc([C@@H]2C[C@@H]2C(=O)NS(=O)(=O)Cc2ccccc2C#N)c1. The van der Waals surface area contributed by atoms with Gasteiger partial charge >= 0.3 is 0 Å². The van der Waals surface area contributed by atoms with Gasteiger partial charge in [-0.2, -0.15) is 10.5 Å². The zero-order valence-corrected chi connectivity index (χ0v) is 14.5. The van der Waals surface area contributed by atoms with Crippen molar-refractivity contribution < 1.29 is 13.2 Å². The number of hydrogen-bond donors (Lipinski definition) is 1. The van der Waals surface area contributed by atoms with Crippen molar-refractivity contribution in [2.24, 2.45) is 5.92 Å². The first-order valence-electron chi connectivity index (χ1n) is 7.96. The quantitative estimate of drug-likeness (QED) is 0.873. The van der Waals surface area contributed by atoms with Gasteiger partial charge in [-0.1, -0.05) is 30.3 Å². The summed E-state index contributed by atoms with van der Waals surface area (Å²) >= 11 is 0. The van der Waals surface area contributed by atoms with E-state index in [0.717, 1.165) is 5.56 Å². The number of amides is 1. The summed E-state index contributed by atoms with van der Waals surface area (Å²) in [6, 6.07) is 17.3. The third kappa shape index (κ3) is 3.90. The van der Waals surface area contributed by atoms with E-state index in [0.29, 0.717) is 17.5 Å². The van der Waals surface area contributed by atoms with Crippen molar-refractivity contribution in [3.05, 3.63) is 70.8 Å². The topological polar surface area (TPSA) is 111 Å². The van der Waals surface area contributed by atoms with Gasteiger partial charge in [0.15, 0.2) is 0 Å². The Kier molecular flexibility index (Phi) is 4.75. The Labute approximate surface area is 151 Å². The molecule has 0 bridgehead atoms. The summed E-state index contributed by atoms with van der Waals surface area (Å²) in [5.74, 6) is -1.48. The van der Waals surface area contributed by atoms with Crippen molar-refractivity contribution in [1.82, 2.24) is 4.72 Å². The smallest absolute Gasteiger partial charge is 0.239 e. The maximum absolute atomic E-state index is 12.3. The fraction of sp³-hybridized carbons (Fsp3) is 0.211. The molecule has 6 nitrogen and oxygen atoms in total. The number of nitriles is 2. The van der Waals surface area contributed by atoms with Crippen LogP contribution in [0.5, 0.6) is 0 Å². The minimum absolute atomic E-state index is 0.0788. The largest absolute Gasteiger partial charge is 0.274 e. The molecule has 0 radical (unpaired) electrons. The third-order valence-electron chi connectivity index (χ3n) is 4.31. The van der Waals surface area contributed by atoms with Gasteiger partial charge < -0.3 is 0 Å². The zero-order valence-electron chi connectivity index (χ0n) is 13.7. The molecule has 1 amide bonds. The number of nitrogens with one attached hydrogen (secondary N) is 1. The molecule has 130 valence electrons. The fourth-order valence-electron chi connectivity index (χ4n) is 2.92. The van der Waals surface area contributed by atoms with Crippen molar-refractivity contribution in [3.8, 4) is 12.1 Å². The molecular weight excluding hydrogens is 350 g/mol. The first-order valence-corrected chi connectivity index (χ1v) is 9.61. The molecule has 1 aliphatic rings. The maximum atomic E-state index is 12.3. The number of rotatable bonds is 5. The first kappa shape index (κ1) is 17.7. The molecule has 1 N–H and O–H groups in total. The number of carbonyl (C=O) groups is 1. The summed E-state index contributed by atoms with van der Waals surface area (Å²) < 4.78 is 26.6. The predicted molar refractivity (Wildman–Crippen MR) is 93.9 cm³/mol. The number of carbonyl (C=O) groups excluding carboxylic acids is 1. The lowest BCUT2D eigenvalue weighted by Crippen LogP contribution is -2.33. The van der Waals surface area contributed by atoms with Crippen LogP contribution in [0.4, 0.5) is 0 Å². The standard InChI is InChI=1S/C19H15N3O3S/c20-10-13-4-3-7-14(8-13)17-9-18(17)19(23)22-26(24,25)12-16-6-2-1-5-15(16)11-21/h1-8,17-18H,9,12H2,(H,22,23)/t17-,18-/m0/s1. The van der Waals surface area contributed by atoms with Crippen molar-refractivity contribution in [3.63, 3.8) is 0 Å². The summed E-state index contributed by atoms with van der Waals surface area (Å²) in [6.45, 7) is 0. The van der Waals surface area contributed by atoms with Crippen LogP contribution in [0.3, 0.4) is 0 Å². The lowest BCUT2D eigenvalue weighted by atomic mass is 10.1.